The van der Waals surface area contributed by atoms with Gasteiger partial charge in [0.15, 0.2) is 0 Å². The van der Waals surface area contributed by atoms with Crippen molar-refractivity contribution in [3.05, 3.63) is 41.5 Å². The minimum Gasteiger partial charge on any atom is -0.396 e. The molecule has 3 N–H and O–H groups in total. The van der Waals surface area contributed by atoms with E-state index in [1.165, 1.54) is 6.92 Å². The van der Waals surface area contributed by atoms with E-state index in [2.05, 4.69) is 9.82 Å². The summed E-state index contributed by atoms with van der Waals surface area (Å²) in [7, 11) is -2.05. The molecule has 20 heavy (non-hydrogen) atoms. The van der Waals surface area contributed by atoms with Crippen molar-refractivity contribution < 1.29 is 12.8 Å². The minimum atomic E-state index is -3.76. The quantitative estimate of drug-likeness (QED) is 0.822. The van der Waals surface area contributed by atoms with Gasteiger partial charge in [-0.15, -0.1) is 0 Å². The topological polar surface area (TPSA) is 90.0 Å². The van der Waals surface area contributed by atoms with E-state index in [1.807, 2.05) is 0 Å². The monoisotopic (exact) mass is 298 g/mol. The molecule has 0 radical (unpaired) electrons. The second-order valence-electron chi connectivity index (χ2n) is 4.41. The number of hydrogen-bond acceptors (Lipinski definition) is 4. The number of nitrogens with one attached hydrogen (secondary N) is 1. The molecule has 0 bridgehead atoms. The molecule has 0 fully saturated rings. The summed E-state index contributed by atoms with van der Waals surface area (Å²) in [6, 6.07) is 3.93. The molecule has 0 atom stereocenters. The third-order valence-electron chi connectivity index (χ3n) is 2.95. The summed E-state index contributed by atoms with van der Waals surface area (Å²) in [4.78, 5) is -0.0291. The minimum absolute atomic E-state index is 0.0291. The molecule has 0 aliphatic carbocycles. The normalized spacial score (nSPS) is 11.8. The van der Waals surface area contributed by atoms with Crippen LogP contribution in [-0.4, -0.2) is 18.2 Å². The van der Waals surface area contributed by atoms with Gasteiger partial charge >= 0.3 is 0 Å². The summed E-state index contributed by atoms with van der Waals surface area (Å²) in [6.07, 6.45) is 1.57. The first-order valence-electron chi connectivity index (χ1n) is 5.83. The van der Waals surface area contributed by atoms with E-state index in [1.54, 1.807) is 24.0 Å². The number of hydrogen-bond donors (Lipinski definition) is 2. The van der Waals surface area contributed by atoms with Gasteiger partial charge in [-0.3, -0.25) is 4.68 Å². The number of rotatable bonds is 4. The summed E-state index contributed by atoms with van der Waals surface area (Å²) in [5.74, 6) is -0.631. The van der Waals surface area contributed by atoms with Gasteiger partial charge < -0.3 is 5.73 Å². The third kappa shape index (κ3) is 2.81. The van der Waals surface area contributed by atoms with Crippen LogP contribution in [0.15, 0.2) is 29.3 Å². The van der Waals surface area contributed by atoms with Gasteiger partial charge in [0.05, 0.1) is 22.8 Å². The molecular formula is C12H15FN4O2S. The number of nitrogen functional groups attached to an aromatic ring is 1. The fourth-order valence-electron chi connectivity index (χ4n) is 1.78. The highest BCUT2D eigenvalue weighted by molar-refractivity contribution is 7.89. The van der Waals surface area contributed by atoms with Crippen LogP contribution < -0.4 is 10.5 Å². The lowest BCUT2D eigenvalue weighted by molar-refractivity contribution is 0.575. The van der Waals surface area contributed by atoms with Crippen molar-refractivity contribution in [3.63, 3.8) is 0 Å². The highest BCUT2D eigenvalue weighted by Gasteiger charge is 2.19. The summed E-state index contributed by atoms with van der Waals surface area (Å²) in [6.45, 7) is 1.61. The standard InChI is InChI=1S/C12H15FN4O2S/c1-8-5-10(13)11(14)6-12(8)20(18,19)16-7-9-3-4-15-17(9)2/h3-6,16H,7,14H2,1-2H3. The van der Waals surface area contributed by atoms with E-state index >= 15 is 0 Å². The second-order valence-corrected chi connectivity index (χ2v) is 6.15. The predicted octanol–water partition coefficient (Wildman–Crippen LogP) is 0.928. The van der Waals surface area contributed by atoms with Crippen LogP contribution in [0.5, 0.6) is 0 Å². The molecule has 2 aromatic rings. The molecule has 0 spiro atoms. The van der Waals surface area contributed by atoms with Crippen molar-refractivity contribution in [2.45, 2.75) is 18.4 Å². The number of sulfonamides is 1. The van der Waals surface area contributed by atoms with Gasteiger partial charge in [-0.25, -0.2) is 17.5 Å². The summed E-state index contributed by atoms with van der Waals surface area (Å²) < 4.78 is 41.7. The summed E-state index contributed by atoms with van der Waals surface area (Å²) >= 11 is 0. The number of aryl methyl sites for hydroxylation is 2. The molecule has 1 aromatic heterocycles. The number of halogens is 1. The first-order chi connectivity index (χ1) is 9.31. The van der Waals surface area contributed by atoms with Crippen LogP contribution in [0, 0.1) is 12.7 Å². The Morgan fingerprint density at radius 1 is 1.45 bits per heavy atom. The lowest BCUT2D eigenvalue weighted by Gasteiger charge is -2.10. The predicted molar refractivity (Wildman–Crippen MR) is 72.8 cm³/mol. The fraction of sp³-hybridized carbons (Fsp3) is 0.250. The summed E-state index contributed by atoms with van der Waals surface area (Å²) in [5.41, 5.74) is 6.23. The molecule has 2 rings (SSSR count). The lowest BCUT2D eigenvalue weighted by atomic mass is 10.2. The molecule has 0 aliphatic heterocycles. The highest BCUT2D eigenvalue weighted by atomic mass is 32.2. The zero-order valence-corrected chi connectivity index (χ0v) is 11.9. The van der Waals surface area contributed by atoms with Gasteiger partial charge in [0.25, 0.3) is 0 Å². The van der Waals surface area contributed by atoms with Crippen LogP contribution in [0.25, 0.3) is 0 Å². The van der Waals surface area contributed by atoms with Gasteiger partial charge in [0.2, 0.25) is 10.0 Å². The van der Waals surface area contributed by atoms with Crippen LogP contribution in [0.2, 0.25) is 0 Å². The van der Waals surface area contributed by atoms with Crippen LogP contribution in [-0.2, 0) is 23.6 Å². The van der Waals surface area contributed by atoms with E-state index in [-0.39, 0.29) is 17.1 Å². The molecule has 0 saturated heterocycles. The van der Waals surface area contributed by atoms with E-state index in [4.69, 9.17) is 5.73 Å². The highest BCUT2D eigenvalue weighted by Crippen LogP contribution is 2.21. The molecule has 108 valence electrons. The SMILES string of the molecule is Cc1cc(F)c(N)cc1S(=O)(=O)NCc1ccnn1C. The molecular weight excluding hydrogens is 283 g/mol. The molecule has 1 aromatic carbocycles. The molecule has 1 heterocycles. The molecule has 0 unspecified atom stereocenters. The van der Waals surface area contributed by atoms with Gasteiger partial charge in [-0.1, -0.05) is 0 Å². The molecule has 0 saturated carbocycles. The Labute approximate surface area is 116 Å². The Kier molecular flexibility index (Phi) is 3.78. The Bertz CT molecular complexity index is 740. The Morgan fingerprint density at radius 2 is 2.15 bits per heavy atom. The first-order valence-corrected chi connectivity index (χ1v) is 7.32. The molecule has 8 heteroatoms. The number of benzene rings is 1. The number of nitrogens with zero attached hydrogens (tertiary/aromatic N) is 2. The maximum atomic E-state index is 13.3. The van der Waals surface area contributed by atoms with Gasteiger partial charge in [-0.05, 0) is 30.7 Å². The van der Waals surface area contributed by atoms with Crippen LogP contribution in [0.1, 0.15) is 11.3 Å². The smallest absolute Gasteiger partial charge is 0.241 e. The zero-order chi connectivity index (χ0) is 14.9. The van der Waals surface area contributed by atoms with Crippen LogP contribution in [0.4, 0.5) is 10.1 Å². The Morgan fingerprint density at radius 3 is 2.75 bits per heavy atom. The van der Waals surface area contributed by atoms with Gasteiger partial charge in [0, 0.05) is 13.2 Å². The van der Waals surface area contributed by atoms with Crippen molar-refractivity contribution in [2.24, 2.45) is 7.05 Å². The van der Waals surface area contributed by atoms with Crippen molar-refractivity contribution >= 4 is 15.7 Å². The summed E-state index contributed by atoms with van der Waals surface area (Å²) in [5, 5.41) is 3.95. The lowest BCUT2D eigenvalue weighted by Crippen LogP contribution is -2.25. The van der Waals surface area contributed by atoms with Crippen LogP contribution >= 0.6 is 0 Å². The molecule has 0 amide bonds. The Hall–Kier alpha value is -1.93. The van der Waals surface area contributed by atoms with Gasteiger partial charge in [0.1, 0.15) is 5.82 Å². The maximum absolute atomic E-state index is 13.3. The average molecular weight is 298 g/mol. The van der Waals surface area contributed by atoms with E-state index in [0.29, 0.717) is 11.3 Å². The maximum Gasteiger partial charge on any atom is 0.241 e. The second kappa shape index (κ2) is 5.22. The number of anilines is 1. The van der Waals surface area contributed by atoms with Crippen LogP contribution in [0.3, 0.4) is 0 Å². The van der Waals surface area contributed by atoms with E-state index < -0.39 is 15.8 Å². The Balaban J connectivity index is 2.27. The van der Waals surface area contributed by atoms with Crippen molar-refractivity contribution in [1.29, 1.82) is 0 Å². The largest absolute Gasteiger partial charge is 0.396 e. The molecule has 6 nitrogen and oxygen atoms in total. The van der Waals surface area contributed by atoms with Crippen molar-refractivity contribution in [1.82, 2.24) is 14.5 Å². The first kappa shape index (κ1) is 14.5. The van der Waals surface area contributed by atoms with E-state index in [9.17, 15) is 12.8 Å². The number of nitrogens with two attached hydrogens (primary N) is 1. The van der Waals surface area contributed by atoms with Crippen molar-refractivity contribution in [3.8, 4) is 0 Å². The van der Waals surface area contributed by atoms with Crippen molar-refractivity contribution in [2.75, 3.05) is 5.73 Å². The zero-order valence-electron chi connectivity index (χ0n) is 11.1. The van der Waals surface area contributed by atoms with E-state index in [0.717, 1.165) is 12.1 Å². The average Bonchev–Trinajstić information content (AvgIpc) is 2.77. The number of aromatic nitrogens is 2. The fourth-order valence-corrected chi connectivity index (χ4v) is 3.04. The molecule has 0 aliphatic rings. The third-order valence-corrected chi connectivity index (χ3v) is 4.49. The van der Waals surface area contributed by atoms with Gasteiger partial charge in [-0.2, -0.15) is 5.10 Å².